The van der Waals surface area contributed by atoms with Crippen molar-refractivity contribution in [2.75, 3.05) is 44.0 Å². The van der Waals surface area contributed by atoms with E-state index in [2.05, 4.69) is 37.7 Å². The standard InChI is InChI=1S/C25H29ClN6O3/c1-3-32-10-8-25(33)27-9-11-35-22-13-19(5-7-21(22)34-2)31-24-14-23(28-16-29-24)30-18-4-6-20(26)17(12-18)15-32/h4-7,12-14,16H,3,8-11,15H2,1-2H3,(H,27,33)(H2,28,29,30,31). The van der Waals surface area contributed by atoms with Gasteiger partial charge in [0.05, 0.1) is 13.7 Å². The molecule has 4 rings (SSSR count). The summed E-state index contributed by atoms with van der Waals surface area (Å²) in [5.74, 6) is 2.40. The van der Waals surface area contributed by atoms with Crippen molar-refractivity contribution in [3.63, 3.8) is 0 Å². The molecule has 9 nitrogen and oxygen atoms in total. The summed E-state index contributed by atoms with van der Waals surface area (Å²) in [4.78, 5) is 23.2. The van der Waals surface area contributed by atoms with E-state index in [0.717, 1.165) is 23.5 Å². The van der Waals surface area contributed by atoms with Crippen molar-refractivity contribution in [2.24, 2.45) is 0 Å². The van der Waals surface area contributed by atoms with Gasteiger partial charge >= 0.3 is 0 Å². The van der Waals surface area contributed by atoms with Gasteiger partial charge in [0, 0.05) is 48.0 Å². The number of nitrogens with zero attached hydrogens (tertiary/aromatic N) is 3. The molecule has 0 unspecified atom stereocenters. The van der Waals surface area contributed by atoms with Crippen LogP contribution in [0.15, 0.2) is 48.8 Å². The fourth-order valence-electron chi connectivity index (χ4n) is 3.72. The summed E-state index contributed by atoms with van der Waals surface area (Å²) in [6.07, 6.45) is 1.88. The third-order valence-electron chi connectivity index (χ3n) is 5.60. The molecule has 1 aromatic heterocycles. The molecule has 0 saturated heterocycles. The zero-order valence-electron chi connectivity index (χ0n) is 19.8. The number of aromatic nitrogens is 2. The highest BCUT2D eigenvalue weighted by atomic mass is 35.5. The number of rotatable bonds is 2. The maximum atomic E-state index is 12.4. The van der Waals surface area contributed by atoms with E-state index < -0.39 is 0 Å². The molecule has 0 aliphatic carbocycles. The molecule has 0 radical (unpaired) electrons. The van der Waals surface area contributed by atoms with Gasteiger partial charge in [-0.05, 0) is 42.4 Å². The fraction of sp³-hybridized carbons (Fsp3) is 0.320. The quantitative estimate of drug-likeness (QED) is 0.481. The monoisotopic (exact) mass is 496 g/mol. The van der Waals surface area contributed by atoms with E-state index in [4.69, 9.17) is 21.1 Å². The lowest BCUT2D eigenvalue weighted by Gasteiger charge is -2.21. The molecule has 2 aromatic carbocycles. The Balaban J connectivity index is 1.63. The summed E-state index contributed by atoms with van der Waals surface area (Å²) >= 11 is 6.48. The number of halogens is 1. The normalized spacial score (nSPS) is 15.1. The van der Waals surface area contributed by atoms with Crippen LogP contribution in [0.2, 0.25) is 5.02 Å². The van der Waals surface area contributed by atoms with E-state index in [1.807, 2.05) is 42.5 Å². The molecule has 0 saturated carbocycles. The average molecular weight is 497 g/mol. The van der Waals surface area contributed by atoms with E-state index >= 15 is 0 Å². The second-order valence-electron chi connectivity index (χ2n) is 8.03. The minimum Gasteiger partial charge on any atom is -0.493 e. The zero-order valence-corrected chi connectivity index (χ0v) is 20.6. The molecule has 1 aliphatic rings. The molecular formula is C25H29ClN6O3. The smallest absolute Gasteiger partial charge is 0.221 e. The highest BCUT2D eigenvalue weighted by Gasteiger charge is 2.12. The van der Waals surface area contributed by atoms with Gasteiger partial charge in [-0.2, -0.15) is 0 Å². The molecule has 3 N–H and O–H groups in total. The zero-order chi connectivity index (χ0) is 24.6. The minimum atomic E-state index is -0.0269. The maximum absolute atomic E-state index is 12.4. The first-order valence-corrected chi connectivity index (χ1v) is 11.9. The third kappa shape index (κ3) is 6.74. The van der Waals surface area contributed by atoms with Crippen molar-refractivity contribution < 1.29 is 14.3 Å². The van der Waals surface area contributed by atoms with Gasteiger partial charge in [0.2, 0.25) is 5.91 Å². The Kier molecular flexibility index (Phi) is 8.23. The van der Waals surface area contributed by atoms with Crippen LogP contribution in [0.1, 0.15) is 18.9 Å². The van der Waals surface area contributed by atoms with Gasteiger partial charge in [-0.15, -0.1) is 0 Å². The maximum Gasteiger partial charge on any atom is 0.221 e. The van der Waals surface area contributed by atoms with Gasteiger partial charge in [-0.1, -0.05) is 18.5 Å². The second kappa shape index (κ2) is 11.7. The van der Waals surface area contributed by atoms with Crippen LogP contribution in [-0.2, 0) is 11.3 Å². The molecule has 2 heterocycles. The largest absolute Gasteiger partial charge is 0.493 e. The van der Waals surface area contributed by atoms with Crippen molar-refractivity contribution >= 4 is 40.5 Å². The topological polar surface area (TPSA) is 101 Å². The molecule has 35 heavy (non-hydrogen) atoms. The van der Waals surface area contributed by atoms with Gasteiger partial charge in [-0.3, -0.25) is 9.69 Å². The number of carbonyl (C=O) groups is 1. The molecule has 0 atom stereocenters. The molecule has 0 spiro atoms. The van der Waals surface area contributed by atoms with Crippen LogP contribution in [0.5, 0.6) is 11.5 Å². The number of anilines is 4. The molecule has 0 fully saturated rings. The molecule has 1 amide bonds. The fourth-order valence-corrected chi connectivity index (χ4v) is 3.90. The van der Waals surface area contributed by atoms with Crippen LogP contribution < -0.4 is 25.4 Å². The molecule has 10 heteroatoms. The summed E-state index contributed by atoms with van der Waals surface area (Å²) in [6, 6.07) is 13.1. The Morgan fingerprint density at radius 2 is 1.83 bits per heavy atom. The number of hydrogen-bond donors (Lipinski definition) is 3. The lowest BCUT2D eigenvalue weighted by Crippen LogP contribution is -2.32. The van der Waals surface area contributed by atoms with E-state index in [9.17, 15) is 4.79 Å². The van der Waals surface area contributed by atoms with Crippen molar-refractivity contribution in [3.8, 4) is 11.5 Å². The van der Waals surface area contributed by atoms with Crippen LogP contribution in [0.25, 0.3) is 0 Å². The first kappa shape index (κ1) is 24.6. The minimum absolute atomic E-state index is 0.0269. The summed E-state index contributed by atoms with van der Waals surface area (Å²) in [7, 11) is 1.59. The number of amides is 1. The lowest BCUT2D eigenvalue weighted by atomic mass is 10.1. The number of fused-ring (bicyclic) bond motifs is 6. The first-order valence-electron chi connectivity index (χ1n) is 11.5. The highest BCUT2D eigenvalue weighted by molar-refractivity contribution is 6.31. The number of ether oxygens (including phenoxy) is 2. The van der Waals surface area contributed by atoms with Crippen molar-refractivity contribution in [1.82, 2.24) is 20.2 Å². The molecule has 3 aromatic rings. The molecule has 184 valence electrons. The first-order chi connectivity index (χ1) is 17.0. The third-order valence-corrected chi connectivity index (χ3v) is 5.97. The summed E-state index contributed by atoms with van der Waals surface area (Å²) in [6.45, 7) is 4.81. The second-order valence-corrected chi connectivity index (χ2v) is 8.43. The van der Waals surface area contributed by atoms with Crippen molar-refractivity contribution in [2.45, 2.75) is 19.9 Å². The van der Waals surface area contributed by atoms with E-state index in [1.54, 1.807) is 7.11 Å². The van der Waals surface area contributed by atoms with Crippen molar-refractivity contribution in [1.29, 1.82) is 0 Å². The van der Waals surface area contributed by atoms with E-state index in [1.165, 1.54) is 6.33 Å². The summed E-state index contributed by atoms with van der Waals surface area (Å²) in [5, 5.41) is 10.2. The lowest BCUT2D eigenvalue weighted by molar-refractivity contribution is -0.121. The Labute approximate surface area is 209 Å². The van der Waals surface area contributed by atoms with Gasteiger partial charge in [-0.25, -0.2) is 9.97 Å². The molecule has 6 bridgehead atoms. The number of methoxy groups -OCH3 is 1. The number of carbonyl (C=O) groups excluding carboxylic acids is 1. The Hall–Kier alpha value is -3.56. The predicted molar refractivity (Wildman–Crippen MR) is 137 cm³/mol. The summed E-state index contributed by atoms with van der Waals surface area (Å²) < 4.78 is 11.3. The average Bonchev–Trinajstić information content (AvgIpc) is 2.86. The van der Waals surface area contributed by atoms with Crippen LogP contribution in [-0.4, -0.2) is 54.1 Å². The van der Waals surface area contributed by atoms with Crippen molar-refractivity contribution in [3.05, 3.63) is 59.4 Å². The molecular weight excluding hydrogens is 468 g/mol. The SMILES string of the molecule is CCN1CCC(=O)NCCOc2cc(ccc2OC)Nc2cc(ncn2)Nc2ccc(Cl)c(c2)C1. The van der Waals surface area contributed by atoms with E-state index in [-0.39, 0.29) is 5.91 Å². The van der Waals surface area contributed by atoms with Crippen LogP contribution in [0, 0.1) is 0 Å². The van der Waals surface area contributed by atoms with Crippen LogP contribution >= 0.6 is 11.6 Å². The Morgan fingerprint density at radius 3 is 2.57 bits per heavy atom. The van der Waals surface area contributed by atoms with Gasteiger partial charge in [0.25, 0.3) is 0 Å². The van der Waals surface area contributed by atoms with Gasteiger partial charge < -0.3 is 25.4 Å². The Bertz CT molecular complexity index is 1180. The molecule has 1 aliphatic heterocycles. The number of benzene rings is 2. The number of hydrogen-bond acceptors (Lipinski definition) is 8. The Morgan fingerprint density at radius 1 is 1.09 bits per heavy atom. The van der Waals surface area contributed by atoms with Gasteiger partial charge in [0.1, 0.15) is 24.6 Å². The predicted octanol–water partition coefficient (Wildman–Crippen LogP) is 4.35. The highest BCUT2D eigenvalue weighted by Crippen LogP contribution is 2.32. The number of nitrogens with one attached hydrogen (secondary N) is 3. The van der Waals surface area contributed by atoms with Gasteiger partial charge in [0.15, 0.2) is 11.5 Å². The van der Waals surface area contributed by atoms with Crippen LogP contribution in [0.4, 0.5) is 23.0 Å². The van der Waals surface area contributed by atoms with E-state index in [0.29, 0.717) is 60.8 Å². The van der Waals surface area contributed by atoms with Crippen LogP contribution in [0.3, 0.4) is 0 Å². The summed E-state index contributed by atoms with van der Waals surface area (Å²) in [5.41, 5.74) is 2.61.